The fourth-order valence-electron chi connectivity index (χ4n) is 3.76. The van der Waals surface area contributed by atoms with Gasteiger partial charge in [-0.3, -0.25) is 0 Å². The monoisotopic (exact) mass is 384 g/mol. The van der Waals surface area contributed by atoms with Gasteiger partial charge in [0.05, 0.1) is 4.90 Å². The summed E-state index contributed by atoms with van der Waals surface area (Å²) in [5, 5.41) is 0. The average molecular weight is 385 g/mol. The molecule has 5 heteroatoms. The lowest BCUT2D eigenvalue weighted by Crippen LogP contribution is -2.44. The largest absolute Gasteiger partial charge is 0.311 e. The Kier molecular flexibility index (Phi) is 8.36. The molecule has 144 valence electrons. The highest BCUT2D eigenvalue weighted by Crippen LogP contribution is 2.35. The van der Waals surface area contributed by atoms with Crippen molar-refractivity contribution in [1.29, 1.82) is 0 Å². The van der Waals surface area contributed by atoms with Crippen molar-refractivity contribution < 1.29 is 12.3 Å². The van der Waals surface area contributed by atoms with Gasteiger partial charge in [-0.15, -0.1) is 0 Å². The molecule has 0 aliphatic rings. The predicted molar refractivity (Wildman–Crippen MR) is 109 cm³/mol. The molecule has 0 saturated heterocycles. The minimum absolute atomic E-state index is 0.290. The second-order valence-electron chi connectivity index (χ2n) is 8.51. The lowest BCUT2D eigenvalue weighted by molar-refractivity contribution is 0.447. The van der Waals surface area contributed by atoms with Crippen molar-refractivity contribution in [1.82, 2.24) is 0 Å². The summed E-state index contributed by atoms with van der Waals surface area (Å²) in [6.07, 6.45) is 0.897. The second-order valence-corrected chi connectivity index (χ2v) is 14.1. The SMILES string of the molecule is CCc1ccc(S(=O)(=O)O[Si](CC(C)C)(CC(C)C)CC(C)C)cc1. The molecule has 0 N–H and O–H groups in total. The molecule has 0 aromatic heterocycles. The van der Waals surface area contributed by atoms with Crippen molar-refractivity contribution >= 4 is 18.4 Å². The van der Waals surface area contributed by atoms with Crippen LogP contribution in [-0.4, -0.2) is 16.7 Å². The number of hydrogen-bond donors (Lipinski definition) is 0. The van der Waals surface area contributed by atoms with Gasteiger partial charge in [0.15, 0.2) is 0 Å². The molecule has 0 spiro atoms. The van der Waals surface area contributed by atoms with E-state index in [1.165, 1.54) is 0 Å². The summed E-state index contributed by atoms with van der Waals surface area (Å²) >= 11 is 0. The van der Waals surface area contributed by atoms with E-state index >= 15 is 0 Å². The molecule has 0 aliphatic heterocycles. The van der Waals surface area contributed by atoms with Crippen LogP contribution in [0.25, 0.3) is 0 Å². The normalized spacial score (nSPS) is 13.2. The zero-order valence-electron chi connectivity index (χ0n) is 17.0. The van der Waals surface area contributed by atoms with Crippen molar-refractivity contribution in [3.63, 3.8) is 0 Å². The van der Waals surface area contributed by atoms with E-state index in [1.807, 2.05) is 12.1 Å². The van der Waals surface area contributed by atoms with Gasteiger partial charge in [0.1, 0.15) is 0 Å². The zero-order valence-corrected chi connectivity index (χ0v) is 18.8. The van der Waals surface area contributed by atoms with Crippen LogP contribution >= 0.6 is 0 Å². The molecule has 1 aromatic rings. The molecule has 3 nitrogen and oxygen atoms in total. The number of rotatable bonds is 10. The highest BCUT2D eigenvalue weighted by atomic mass is 32.2. The maximum atomic E-state index is 13.0. The summed E-state index contributed by atoms with van der Waals surface area (Å²) in [6.45, 7) is 15.0. The highest BCUT2D eigenvalue weighted by molar-refractivity contribution is 7.87. The first-order chi connectivity index (χ1) is 11.5. The fraction of sp³-hybridized carbons (Fsp3) is 0.700. The lowest BCUT2D eigenvalue weighted by Gasteiger charge is -2.35. The zero-order chi connectivity index (χ0) is 19.3. The molecular weight excluding hydrogens is 348 g/mol. The molecule has 0 fully saturated rings. The van der Waals surface area contributed by atoms with E-state index in [9.17, 15) is 8.42 Å². The topological polar surface area (TPSA) is 43.4 Å². The molecule has 1 aromatic carbocycles. The minimum Gasteiger partial charge on any atom is -0.311 e. The van der Waals surface area contributed by atoms with Crippen molar-refractivity contribution in [2.24, 2.45) is 17.8 Å². The molecule has 0 bridgehead atoms. The fourth-order valence-corrected chi connectivity index (χ4v) is 12.3. The quantitative estimate of drug-likeness (QED) is 0.474. The third-order valence-corrected chi connectivity index (χ3v) is 12.1. The molecule has 25 heavy (non-hydrogen) atoms. The van der Waals surface area contributed by atoms with Gasteiger partial charge in [-0.1, -0.05) is 60.6 Å². The Morgan fingerprint density at radius 2 is 1.24 bits per heavy atom. The molecule has 0 heterocycles. The first-order valence-electron chi connectivity index (χ1n) is 9.54. The number of benzene rings is 1. The summed E-state index contributed by atoms with van der Waals surface area (Å²) in [5.74, 6) is 1.30. The molecule has 0 aliphatic carbocycles. The summed E-state index contributed by atoms with van der Waals surface area (Å²) in [4.78, 5) is 0.290. The van der Waals surface area contributed by atoms with Crippen LogP contribution in [0.15, 0.2) is 29.2 Å². The molecule has 1 rings (SSSR count). The van der Waals surface area contributed by atoms with Gasteiger partial charge in [-0.2, -0.15) is 8.42 Å². The van der Waals surface area contributed by atoms with Gasteiger partial charge in [0, 0.05) is 0 Å². The summed E-state index contributed by atoms with van der Waals surface area (Å²) in [6, 6.07) is 9.79. The number of hydrogen-bond acceptors (Lipinski definition) is 3. The van der Waals surface area contributed by atoms with Crippen LogP contribution in [0.3, 0.4) is 0 Å². The van der Waals surface area contributed by atoms with Crippen LogP contribution < -0.4 is 0 Å². The lowest BCUT2D eigenvalue weighted by atomic mass is 10.2. The van der Waals surface area contributed by atoms with Crippen LogP contribution in [0.5, 0.6) is 0 Å². The van der Waals surface area contributed by atoms with Crippen molar-refractivity contribution in [2.45, 2.75) is 77.9 Å². The van der Waals surface area contributed by atoms with Crippen LogP contribution in [0.1, 0.15) is 54.0 Å². The molecule has 0 radical (unpaired) electrons. The number of aryl methyl sites for hydroxylation is 1. The maximum Gasteiger partial charge on any atom is 0.287 e. The van der Waals surface area contributed by atoms with Gasteiger partial charge in [-0.05, 0) is 60.0 Å². The van der Waals surface area contributed by atoms with Gasteiger partial charge in [0.25, 0.3) is 10.1 Å². The predicted octanol–water partition coefficient (Wildman–Crippen LogP) is 5.87. The van der Waals surface area contributed by atoms with Crippen molar-refractivity contribution in [3.05, 3.63) is 29.8 Å². The van der Waals surface area contributed by atoms with E-state index in [0.29, 0.717) is 17.8 Å². The first kappa shape index (κ1) is 22.4. The Labute approximate surface area is 156 Å². The Morgan fingerprint density at radius 1 is 0.840 bits per heavy atom. The molecule has 0 atom stereocenters. The Balaban J connectivity index is 3.22. The molecular formula is C20H36O3SSi. The van der Waals surface area contributed by atoms with Crippen molar-refractivity contribution in [2.75, 3.05) is 0 Å². The molecule has 0 amide bonds. The van der Waals surface area contributed by atoms with Gasteiger partial charge >= 0.3 is 0 Å². The van der Waals surface area contributed by atoms with E-state index < -0.39 is 18.4 Å². The van der Waals surface area contributed by atoms with Crippen LogP contribution in [-0.2, 0) is 20.4 Å². The van der Waals surface area contributed by atoms with E-state index in [1.54, 1.807) is 12.1 Å². The summed E-state index contributed by atoms with van der Waals surface area (Å²) < 4.78 is 32.1. The highest BCUT2D eigenvalue weighted by Gasteiger charge is 2.42. The Bertz CT molecular complexity index is 592. The molecule has 0 unspecified atom stereocenters. The smallest absolute Gasteiger partial charge is 0.287 e. The Hall–Kier alpha value is -0.653. The van der Waals surface area contributed by atoms with E-state index in [4.69, 9.17) is 3.87 Å². The van der Waals surface area contributed by atoms with Gasteiger partial charge in [0.2, 0.25) is 8.32 Å². The standard InChI is InChI=1S/C20H36O3SSi/c1-8-19-9-11-20(12-10-19)24(21,22)23-25(13-16(2)3,14-17(4)5)15-18(6)7/h9-12,16-18H,8,13-15H2,1-7H3. The van der Waals surface area contributed by atoms with Gasteiger partial charge < -0.3 is 3.87 Å². The van der Waals surface area contributed by atoms with E-state index in [2.05, 4.69) is 48.5 Å². The van der Waals surface area contributed by atoms with Crippen LogP contribution in [0, 0.1) is 17.8 Å². The van der Waals surface area contributed by atoms with Crippen molar-refractivity contribution in [3.8, 4) is 0 Å². The third kappa shape index (κ3) is 7.23. The van der Waals surface area contributed by atoms with E-state index in [0.717, 1.165) is 30.1 Å². The summed E-state index contributed by atoms with van der Waals surface area (Å²) in [7, 11) is -6.13. The van der Waals surface area contributed by atoms with Crippen LogP contribution in [0.4, 0.5) is 0 Å². The first-order valence-corrected chi connectivity index (χ1v) is 13.5. The second kappa shape index (κ2) is 9.33. The Morgan fingerprint density at radius 3 is 1.56 bits per heavy atom. The van der Waals surface area contributed by atoms with Crippen LogP contribution in [0.2, 0.25) is 18.1 Å². The minimum atomic E-state index is -3.72. The maximum absolute atomic E-state index is 13.0. The average Bonchev–Trinajstić information content (AvgIpc) is 2.44. The summed E-state index contributed by atoms with van der Waals surface area (Å²) in [5.41, 5.74) is 1.13. The third-order valence-electron chi connectivity index (χ3n) is 4.25. The van der Waals surface area contributed by atoms with Gasteiger partial charge in [-0.25, -0.2) is 0 Å². The molecule has 0 saturated carbocycles. The van der Waals surface area contributed by atoms with E-state index in [-0.39, 0.29) is 4.90 Å².